The lowest BCUT2D eigenvalue weighted by Crippen LogP contribution is -2.22. The third kappa shape index (κ3) is 9.65. The first-order valence-corrected chi connectivity index (χ1v) is 13.4. The maximum atomic E-state index is 11.4. The van der Waals surface area contributed by atoms with E-state index < -0.39 is 0 Å². The third-order valence-corrected chi connectivity index (χ3v) is 7.76. The van der Waals surface area contributed by atoms with Crippen molar-refractivity contribution < 1.29 is 9.90 Å². The number of aliphatic hydroxyl groups excluding tert-OH is 1. The number of nitrogens with one attached hydrogen (secondary N) is 1. The van der Waals surface area contributed by atoms with Crippen molar-refractivity contribution in [1.82, 2.24) is 4.98 Å². The summed E-state index contributed by atoms with van der Waals surface area (Å²) in [5.41, 5.74) is 4.16. The first-order chi connectivity index (χ1) is 15.8. The predicted molar refractivity (Wildman–Crippen MR) is 143 cm³/mol. The van der Waals surface area contributed by atoms with E-state index in [9.17, 15) is 9.90 Å². The van der Waals surface area contributed by atoms with Crippen molar-refractivity contribution >= 4 is 11.4 Å². The summed E-state index contributed by atoms with van der Waals surface area (Å²) in [6.45, 7) is 16.0. The first-order valence-electron chi connectivity index (χ1n) is 13.4. The van der Waals surface area contributed by atoms with Crippen LogP contribution in [0.3, 0.4) is 0 Å². The fourth-order valence-electron chi connectivity index (χ4n) is 5.34. The van der Waals surface area contributed by atoms with Gasteiger partial charge in [0.05, 0.1) is 6.10 Å². The van der Waals surface area contributed by atoms with Gasteiger partial charge in [0.2, 0.25) is 0 Å². The molecule has 0 aromatic carbocycles. The van der Waals surface area contributed by atoms with Gasteiger partial charge in [0, 0.05) is 17.8 Å². The van der Waals surface area contributed by atoms with Crippen LogP contribution in [0.25, 0.3) is 5.57 Å². The fourth-order valence-corrected chi connectivity index (χ4v) is 5.34. The Hall–Kier alpha value is -1.61. The molecule has 0 aliphatic heterocycles. The highest BCUT2D eigenvalue weighted by Gasteiger charge is 2.48. The number of allylic oxidation sites excluding steroid dienone is 3. The van der Waals surface area contributed by atoms with Gasteiger partial charge in [-0.25, -0.2) is 0 Å². The molecule has 2 saturated carbocycles. The average molecular weight is 458 g/mol. The molecule has 2 atom stereocenters. The number of carbonyl (C=O) groups is 1. The molecule has 33 heavy (non-hydrogen) atoms. The summed E-state index contributed by atoms with van der Waals surface area (Å²) >= 11 is 0. The molecule has 0 bridgehead atoms. The van der Waals surface area contributed by atoms with E-state index in [4.69, 9.17) is 0 Å². The zero-order chi connectivity index (χ0) is 24.9. The molecule has 3 nitrogen and oxygen atoms in total. The van der Waals surface area contributed by atoms with Crippen molar-refractivity contribution in [1.29, 1.82) is 0 Å². The second kappa shape index (κ2) is 15.3. The Bertz CT molecular complexity index is 719. The molecular formula is C30H51NO2. The highest BCUT2D eigenvalue weighted by atomic mass is 16.3. The Kier molecular flexibility index (Phi) is 13.7. The van der Waals surface area contributed by atoms with Crippen molar-refractivity contribution in [2.75, 3.05) is 0 Å². The Morgan fingerprint density at radius 2 is 1.85 bits per heavy atom. The van der Waals surface area contributed by atoms with Gasteiger partial charge < -0.3 is 10.1 Å². The van der Waals surface area contributed by atoms with Gasteiger partial charge in [0.25, 0.3) is 0 Å². The second-order valence-corrected chi connectivity index (χ2v) is 10.1. The number of aromatic nitrogens is 1. The summed E-state index contributed by atoms with van der Waals surface area (Å²) in [7, 11) is 0. The van der Waals surface area contributed by atoms with Crippen LogP contribution in [0.15, 0.2) is 31.0 Å². The monoisotopic (exact) mass is 457 g/mol. The number of aliphatic hydroxyl groups is 1. The topological polar surface area (TPSA) is 53.1 Å². The lowest BCUT2D eigenvalue weighted by molar-refractivity contribution is -0.123. The number of carbonyl (C=O) groups excluding carboxylic acids is 1. The minimum Gasteiger partial charge on any atom is -0.393 e. The van der Waals surface area contributed by atoms with Crippen LogP contribution >= 0.6 is 0 Å². The van der Waals surface area contributed by atoms with E-state index in [1.54, 1.807) is 6.92 Å². The average Bonchev–Trinajstić information content (AvgIpc) is 3.50. The van der Waals surface area contributed by atoms with Crippen molar-refractivity contribution in [3.05, 3.63) is 42.3 Å². The molecule has 1 heterocycles. The number of hydrogen-bond acceptors (Lipinski definition) is 2. The zero-order valence-corrected chi connectivity index (χ0v) is 22.4. The number of aromatic amines is 1. The van der Waals surface area contributed by atoms with Crippen molar-refractivity contribution in [2.45, 2.75) is 118 Å². The van der Waals surface area contributed by atoms with E-state index in [0.717, 1.165) is 19.3 Å². The van der Waals surface area contributed by atoms with E-state index in [1.165, 1.54) is 68.2 Å². The number of Topliss-reactive ketones (excluding diaryl/α,β-unsaturated/α-hetero) is 1. The van der Waals surface area contributed by atoms with Crippen LogP contribution in [0.2, 0.25) is 0 Å². The highest BCUT2D eigenvalue weighted by molar-refractivity contribution is 5.79. The number of hydrogen-bond donors (Lipinski definition) is 2. The summed E-state index contributed by atoms with van der Waals surface area (Å²) < 4.78 is 0. The summed E-state index contributed by atoms with van der Waals surface area (Å²) in [5.74, 6) is 1.41. The SMILES string of the molecule is C=C/C=C(/C)c1cc[nH]c1C.CCC[C@H](C(C)=O)C1(CC)CC1.CC[C@@H](O)C1CCCCC1. The molecule has 2 fully saturated rings. The van der Waals surface area contributed by atoms with Gasteiger partial charge in [-0.1, -0.05) is 65.2 Å². The molecule has 1 aromatic heterocycles. The Morgan fingerprint density at radius 3 is 2.24 bits per heavy atom. The quantitative estimate of drug-likeness (QED) is 0.365. The minimum absolute atomic E-state index is 0.0136. The van der Waals surface area contributed by atoms with Gasteiger partial charge in [-0.05, 0) is 94.3 Å². The zero-order valence-electron chi connectivity index (χ0n) is 22.4. The minimum atomic E-state index is -0.0136. The Balaban J connectivity index is 0.000000249. The number of H-pyrrole nitrogens is 1. The predicted octanol–water partition coefficient (Wildman–Crippen LogP) is 8.43. The van der Waals surface area contributed by atoms with Gasteiger partial charge in [-0.3, -0.25) is 4.79 Å². The Labute approximate surface area is 204 Å². The van der Waals surface area contributed by atoms with Crippen LogP contribution in [0.5, 0.6) is 0 Å². The number of aryl methyl sites for hydroxylation is 1. The number of ketones is 1. The van der Waals surface area contributed by atoms with Crippen LogP contribution in [0, 0.1) is 24.2 Å². The van der Waals surface area contributed by atoms with Crippen molar-refractivity contribution in [3.8, 4) is 0 Å². The lowest BCUT2D eigenvalue weighted by Gasteiger charge is -2.25. The largest absolute Gasteiger partial charge is 0.393 e. The maximum Gasteiger partial charge on any atom is 0.133 e. The van der Waals surface area contributed by atoms with Gasteiger partial charge in [-0.2, -0.15) is 0 Å². The standard InChI is InChI=1S/C11H20O.C10H13N.C9H18O/c1-4-6-10(9(3)12)11(5-2)7-8-11;1-4-5-8(2)10-6-7-11-9(10)3;1-2-9(10)8-6-4-3-5-7-8/h10H,4-8H2,1-3H3;4-7,11H,1H2,2-3H3;8-10H,2-7H2,1H3/b;8-5-;/t10-;;9-/m1.1/s1. The molecule has 0 radical (unpaired) electrons. The van der Waals surface area contributed by atoms with E-state index in [-0.39, 0.29) is 6.10 Å². The lowest BCUT2D eigenvalue weighted by atomic mass is 9.81. The molecule has 0 spiro atoms. The summed E-state index contributed by atoms with van der Waals surface area (Å²) in [4.78, 5) is 14.5. The molecule has 3 heteroatoms. The van der Waals surface area contributed by atoms with Crippen molar-refractivity contribution in [2.24, 2.45) is 17.3 Å². The molecule has 2 aliphatic carbocycles. The fraction of sp³-hybridized carbons (Fsp3) is 0.700. The molecule has 0 amide bonds. The van der Waals surface area contributed by atoms with Crippen LogP contribution < -0.4 is 0 Å². The molecule has 0 saturated heterocycles. The normalized spacial score (nSPS) is 19.3. The number of rotatable bonds is 9. The van der Waals surface area contributed by atoms with E-state index >= 15 is 0 Å². The molecule has 2 N–H and O–H groups in total. The van der Waals surface area contributed by atoms with E-state index in [0.29, 0.717) is 23.0 Å². The molecule has 188 valence electrons. The molecule has 2 aliphatic rings. The first kappa shape index (κ1) is 29.4. The molecule has 1 aromatic rings. The van der Waals surface area contributed by atoms with Crippen LogP contribution in [-0.4, -0.2) is 22.0 Å². The van der Waals surface area contributed by atoms with E-state index in [1.807, 2.05) is 18.3 Å². The van der Waals surface area contributed by atoms with Gasteiger partial charge in [0.15, 0.2) is 0 Å². The Morgan fingerprint density at radius 1 is 1.21 bits per heavy atom. The van der Waals surface area contributed by atoms with E-state index in [2.05, 4.69) is 52.2 Å². The molecule has 3 rings (SSSR count). The van der Waals surface area contributed by atoms with Gasteiger partial charge in [0.1, 0.15) is 5.78 Å². The highest BCUT2D eigenvalue weighted by Crippen LogP contribution is 2.56. The molecule has 0 unspecified atom stereocenters. The van der Waals surface area contributed by atoms with Gasteiger partial charge in [-0.15, -0.1) is 0 Å². The van der Waals surface area contributed by atoms with Crippen LogP contribution in [0.4, 0.5) is 0 Å². The molecular weight excluding hydrogens is 406 g/mol. The third-order valence-electron chi connectivity index (χ3n) is 7.76. The second-order valence-electron chi connectivity index (χ2n) is 10.1. The van der Waals surface area contributed by atoms with Crippen LogP contribution in [0.1, 0.15) is 117 Å². The smallest absolute Gasteiger partial charge is 0.133 e. The summed E-state index contributed by atoms with van der Waals surface area (Å²) in [6.07, 6.45) is 19.3. The van der Waals surface area contributed by atoms with Crippen LogP contribution in [-0.2, 0) is 4.79 Å². The van der Waals surface area contributed by atoms with Gasteiger partial charge >= 0.3 is 0 Å². The maximum absolute atomic E-state index is 11.4. The van der Waals surface area contributed by atoms with Crippen molar-refractivity contribution in [3.63, 3.8) is 0 Å². The summed E-state index contributed by atoms with van der Waals surface area (Å²) in [5, 5.41) is 9.48. The summed E-state index contributed by atoms with van der Waals surface area (Å²) in [6, 6.07) is 2.07.